The summed E-state index contributed by atoms with van der Waals surface area (Å²) in [6.45, 7) is 1.73. The number of carbonyl (C=O) groups is 1. The summed E-state index contributed by atoms with van der Waals surface area (Å²) >= 11 is 9.12. The average molecular weight is 415 g/mol. The number of hydrogen-bond donors (Lipinski definition) is 1. The van der Waals surface area contributed by atoms with E-state index in [1.165, 1.54) is 6.08 Å². The Bertz CT molecular complexity index is 879. The minimum absolute atomic E-state index is 0.299. The standard InChI is InChI=1S/C16H13BrClNO3S/c1-11-9-13(17)5-6-15(11)16(20)19-23(21,22)8-7-12-3-2-4-14(18)10-12/h2-10H,1H3,(H,19,20)/b8-7+. The Kier molecular flexibility index (Phi) is 5.62. The van der Waals surface area contributed by atoms with Crippen molar-refractivity contribution in [3.63, 3.8) is 0 Å². The number of benzene rings is 2. The summed E-state index contributed by atoms with van der Waals surface area (Å²) in [5.74, 6) is -0.675. The van der Waals surface area contributed by atoms with Gasteiger partial charge in [0.1, 0.15) is 0 Å². The van der Waals surface area contributed by atoms with E-state index < -0.39 is 15.9 Å². The van der Waals surface area contributed by atoms with Gasteiger partial charge in [-0.2, -0.15) is 0 Å². The summed E-state index contributed by atoms with van der Waals surface area (Å²) in [5.41, 5.74) is 1.59. The molecule has 1 N–H and O–H groups in total. The van der Waals surface area contributed by atoms with Crippen LogP contribution in [0.2, 0.25) is 5.02 Å². The first-order valence-electron chi connectivity index (χ1n) is 6.54. The largest absolute Gasteiger partial charge is 0.268 e. The van der Waals surface area contributed by atoms with Crippen LogP contribution in [0.1, 0.15) is 21.5 Å². The number of carbonyl (C=O) groups excluding carboxylic acids is 1. The number of aryl methyl sites for hydroxylation is 1. The fraction of sp³-hybridized carbons (Fsp3) is 0.0625. The van der Waals surface area contributed by atoms with Crippen LogP contribution in [-0.2, 0) is 10.0 Å². The Hall–Kier alpha value is -1.63. The van der Waals surface area contributed by atoms with Crippen molar-refractivity contribution in [1.29, 1.82) is 0 Å². The smallest absolute Gasteiger partial charge is 0.265 e. The van der Waals surface area contributed by atoms with Crippen LogP contribution in [0.15, 0.2) is 52.3 Å². The van der Waals surface area contributed by atoms with Crippen LogP contribution in [0, 0.1) is 6.92 Å². The molecule has 23 heavy (non-hydrogen) atoms. The summed E-state index contributed by atoms with van der Waals surface area (Å²) in [7, 11) is -3.90. The predicted octanol–water partition coefficient (Wildman–Crippen LogP) is 4.14. The number of nitrogens with one attached hydrogen (secondary N) is 1. The van der Waals surface area contributed by atoms with Gasteiger partial charge in [0.15, 0.2) is 0 Å². The molecule has 0 aliphatic heterocycles. The lowest BCUT2D eigenvalue weighted by Gasteiger charge is -2.06. The van der Waals surface area contributed by atoms with Crippen molar-refractivity contribution >= 4 is 49.5 Å². The molecule has 0 saturated carbocycles. The molecule has 4 nitrogen and oxygen atoms in total. The van der Waals surface area contributed by atoms with E-state index >= 15 is 0 Å². The first kappa shape index (κ1) is 17.7. The Morgan fingerprint density at radius 2 is 1.96 bits per heavy atom. The Labute approximate surface area is 148 Å². The zero-order chi connectivity index (χ0) is 17.0. The van der Waals surface area contributed by atoms with E-state index in [0.717, 1.165) is 9.88 Å². The van der Waals surface area contributed by atoms with E-state index in [-0.39, 0.29) is 0 Å². The number of amides is 1. The first-order valence-corrected chi connectivity index (χ1v) is 9.25. The summed E-state index contributed by atoms with van der Waals surface area (Å²) in [4.78, 5) is 12.1. The summed E-state index contributed by atoms with van der Waals surface area (Å²) in [5, 5.41) is 1.43. The molecule has 1 amide bonds. The number of sulfonamides is 1. The van der Waals surface area contributed by atoms with Gasteiger partial charge in [-0.3, -0.25) is 4.79 Å². The maximum Gasteiger partial charge on any atom is 0.265 e. The molecule has 0 fully saturated rings. The van der Waals surface area contributed by atoms with Gasteiger partial charge in [0, 0.05) is 15.1 Å². The van der Waals surface area contributed by atoms with E-state index in [9.17, 15) is 13.2 Å². The second kappa shape index (κ2) is 7.29. The van der Waals surface area contributed by atoms with Crippen LogP contribution in [0.4, 0.5) is 0 Å². The minimum Gasteiger partial charge on any atom is -0.268 e. The Morgan fingerprint density at radius 3 is 2.61 bits per heavy atom. The molecule has 0 aliphatic rings. The molecular weight excluding hydrogens is 402 g/mol. The normalized spacial score (nSPS) is 11.6. The van der Waals surface area contributed by atoms with Gasteiger partial charge < -0.3 is 0 Å². The lowest BCUT2D eigenvalue weighted by Crippen LogP contribution is -2.29. The summed E-state index contributed by atoms with van der Waals surface area (Å²) < 4.78 is 26.8. The topological polar surface area (TPSA) is 63.2 Å². The van der Waals surface area contributed by atoms with Crippen LogP contribution in [0.5, 0.6) is 0 Å². The van der Waals surface area contributed by atoms with E-state index in [2.05, 4.69) is 15.9 Å². The molecule has 0 atom stereocenters. The van der Waals surface area contributed by atoms with Crippen molar-refractivity contribution in [3.8, 4) is 0 Å². The molecule has 0 spiro atoms. The van der Waals surface area contributed by atoms with Gasteiger partial charge in [-0.25, -0.2) is 13.1 Å². The van der Waals surface area contributed by atoms with Crippen molar-refractivity contribution in [2.75, 3.05) is 0 Å². The fourth-order valence-electron chi connectivity index (χ4n) is 1.88. The van der Waals surface area contributed by atoms with Crippen molar-refractivity contribution in [3.05, 3.63) is 74.1 Å². The molecule has 0 radical (unpaired) electrons. The third-order valence-corrected chi connectivity index (χ3v) is 4.65. The van der Waals surface area contributed by atoms with Crippen molar-refractivity contribution in [1.82, 2.24) is 4.72 Å². The van der Waals surface area contributed by atoms with E-state index in [1.54, 1.807) is 49.4 Å². The molecule has 2 aromatic carbocycles. The molecule has 120 valence electrons. The predicted molar refractivity (Wildman–Crippen MR) is 95.8 cm³/mol. The average Bonchev–Trinajstić information content (AvgIpc) is 2.44. The first-order chi connectivity index (χ1) is 10.8. The SMILES string of the molecule is Cc1cc(Br)ccc1C(=O)NS(=O)(=O)/C=C/c1cccc(Cl)c1. The lowest BCUT2D eigenvalue weighted by molar-refractivity contribution is 0.0981. The maximum atomic E-state index is 12.1. The zero-order valence-corrected chi connectivity index (χ0v) is 15.2. The van der Waals surface area contributed by atoms with Crippen molar-refractivity contribution in [2.45, 2.75) is 6.92 Å². The number of rotatable bonds is 4. The maximum absolute atomic E-state index is 12.1. The van der Waals surface area contributed by atoms with Crippen LogP contribution in [-0.4, -0.2) is 14.3 Å². The van der Waals surface area contributed by atoms with Crippen molar-refractivity contribution in [2.24, 2.45) is 0 Å². The zero-order valence-electron chi connectivity index (χ0n) is 12.1. The van der Waals surface area contributed by atoms with E-state index in [0.29, 0.717) is 21.7 Å². The molecule has 2 rings (SSSR count). The van der Waals surface area contributed by atoms with Gasteiger partial charge in [0.2, 0.25) is 0 Å². The fourth-order valence-corrected chi connectivity index (χ4v) is 3.33. The molecular formula is C16H13BrClNO3S. The quantitative estimate of drug-likeness (QED) is 0.818. The van der Waals surface area contributed by atoms with E-state index in [4.69, 9.17) is 11.6 Å². The second-order valence-electron chi connectivity index (χ2n) is 4.79. The van der Waals surface area contributed by atoms with Crippen LogP contribution in [0.25, 0.3) is 6.08 Å². The highest BCUT2D eigenvalue weighted by Gasteiger charge is 2.15. The van der Waals surface area contributed by atoms with Crippen molar-refractivity contribution < 1.29 is 13.2 Å². The van der Waals surface area contributed by atoms with Crippen LogP contribution in [0.3, 0.4) is 0 Å². The molecule has 2 aromatic rings. The number of hydrogen-bond acceptors (Lipinski definition) is 3. The minimum atomic E-state index is -3.90. The highest BCUT2D eigenvalue weighted by Crippen LogP contribution is 2.16. The van der Waals surface area contributed by atoms with Gasteiger partial charge in [-0.05, 0) is 54.5 Å². The third-order valence-electron chi connectivity index (χ3n) is 2.96. The van der Waals surface area contributed by atoms with Gasteiger partial charge >= 0.3 is 0 Å². The van der Waals surface area contributed by atoms with Gasteiger partial charge in [-0.1, -0.05) is 39.7 Å². The van der Waals surface area contributed by atoms with Gasteiger partial charge in [0.25, 0.3) is 15.9 Å². The highest BCUT2D eigenvalue weighted by atomic mass is 79.9. The molecule has 0 heterocycles. The second-order valence-corrected chi connectivity index (χ2v) is 7.71. The Morgan fingerprint density at radius 1 is 1.22 bits per heavy atom. The summed E-state index contributed by atoms with van der Waals surface area (Å²) in [6, 6.07) is 11.7. The Balaban J connectivity index is 2.16. The molecule has 0 aromatic heterocycles. The van der Waals surface area contributed by atoms with Crippen LogP contribution >= 0.6 is 27.5 Å². The van der Waals surface area contributed by atoms with E-state index in [1.807, 2.05) is 4.72 Å². The van der Waals surface area contributed by atoms with Gasteiger partial charge in [-0.15, -0.1) is 0 Å². The highest BCUT2D eigenvalue weighted by molar-refractivity contribution is 9.10. The van der Waals surface area contributed by atoms with Gasteiger partial charge in [0.05, 0.1) is 5.41 Å². The van der Waals surface area contributed by atoms with Crippen LogP contribution < -0.4 is 4.72 Å². The number of halogens is 2. The third kappa shape index (κ3) is 5.20. The molecule has 7 heteroatoms. The lowest BCUT2D eigenvalue weighted by atomic mass is 10.1. The molecule has 0 unspecified atom stereocenters. The molecule has 0 bridgehead atoms. The monoisotopic (exact) mass is 413 g/mol. The summed E-state index contributed by atoms with van der Waals surface area (Å²) in [6.07, 6.45) is 1.37. The molecule has 0 saturated heterocycles. The molecule has 0 aliphatic carbocycles.